The number of allylic oxidation sites excluding steroid dienone is 1. The van der Waals surface area contributed by atoms with Crippen molar-refractivity contribution in [2.45, 2.75) is 20.8 Å². The molecule has 0 aliphatic carbocycles. The van der Waals surface area contributed by atoms with Gasteiger partial charge in [-0.25, -0.2) is 0 Å². The molecular formula is C21H18N2OS2. The van der Waals surface area contributed by atoms with Gasteiger partial charge in [-0.05, 0) is 68.4 Å². The SMILES string of the molecule is CC1=Nc2ccccc2/C1=C/c1sc(=S)n(-c2ccc(C)c(C)c2)c1O. The van der Waals surface area contributed by atoms with E-state index < -0.39 is 0 Å². The maximum absolute atomic E-state index is 10.8. The molecule has 2 heterocycles. The normalized spacial score (nSPS) is 14.6. The summed E-state index contributed by atoms with van der Waals surface area (Å²) in [5.41, 5.74) is 7.29. The van der Waals surface area contributed by atoms with Gasteiger partial charge in [-0.1, -0.05) is 24.3 Å². The van der Waals surface area contributed by atoms with E-state index in [1.54, 1.807) is 4.57 Å². The van der Waals surface area contributed by atoms with Gasteiger partial charge in [0.15, 0.2) is 3.95 Å². The van der Waals surface area contributed by atoms with Crippen LogP contribution in [0.15, 0.2) is 47.5 Å². The highest BCUT2D eigenvalue weighted by Gasteiger charge is 2.19. The Morgan fingerprint density at radius 2 is 1.85 bits per heavy atom. The third-order valence-corrected chi connectivity index (χ3v) is 6.02. The van der Waals surface area contributed by atoms with Crippen LogP contribution in [0.3, 0.4) is 0 Å². The molecule has 3 nitrogen and oxygen atoms in total. The van der Waals surface area contributed by atoms with Crippen LogP contribution >= 0.6 is 23.6 Å². The van der Waals surface area contributed by atoms with Gasteiger partial charge in [0.25, 0.3) is 0 Å². The molecule has 0 spiro atoms. The summed E-state index contributed by atoms with van der Waals surface area (Å²) in [6.45, 7) is 6.12. The molecule has 0 radical (unpaired) electrons. The molecule has 0 saturated carbocycles. The van der Waals surface area contributed by atoms with Crippen LogP contribution < -0.4 is 0 Å². The quantitative estimate of drug-likeness (QED) is 0.536. The highest BCUT2D eigenvalue weighted by Crippen LogP contribution is 2.39. The Kier molecular flexibility index (Phi) is 4.13. The summed E-state index contributed by atoms with van der Waals surface area (Å²) in [6.07, 6.45) is 1.98. The largest absolute Gasteiger partial charge is 0.493 e. The Morgan fingerprint density at radius 3 is 2.62 bits per heavy atom. The van der Waals surface area contributed by atoms with Gasteiger partial charge in [0.05, 0.1) is 16.3 Å². The Labute approximate surface area is 161 Å². The number of hydrogen-bond acceptors (Lipinski definition) is 4. The summed E-state index contributed by atoms with van der Waals surface area (Å²) in [7, 11) is 0. The van der Waals surface area contributed by atoms with Gasteiger partial charge < -0.3 is 5.11 Å². The minimum atomic E-state index is 0.174. The number of aliphatic imine (C=N–C) groups is 1. The standard InChI is InChI=1S/C21H18N2OS2/c1-12-8-9-15(10-13(12)2)23-20(24)19(26-21(23)25)11-17-14(3)22-18-7-5-4-6-16(17)18/h4-11,24H,1-3H3/b17-11+. The molecule has 0 saturated heterocycles. The Balaban J connectivity index is 1.85. The molecule has 0 bridgehead atoms. The molecule has 0 unspecified atom stereocenters. The van der Waals surface area contributed by atoms with Crippen molar-refractivity contribution < 1.29 is 5.11 Å². The first-order valence-corrected chi connectivity index (χ1v) is 9.57. The van der Waals surface area contributed by atoms with E-state index in [0.717, 1.165) is 33.1 Å². The van der Waals surface area contributed by atoms with Crippen molar-refractivity contribution in [2.24, 2.45) is 4.99 Å². The molecule has 26 heavy (non-hydrogen) atoms. The predicted molar refractivity (Wildman–Crippen MR) is 113 cm³/mol. The first-order chi connectivity index (χ1) is 12.5. The average molecular weight is 379 g/mol. The van der Waals surface area contributed by atoms with Crippen LogP contribution in [0.2, 0.25) is 0 Å². The van der Waals surface area contributed by atoms with Crippen molar-refractivity contribution in [1.82, 2.24) is 4.57 Å². The zero-order valence-electron chi connectivity index (χ0n) is 14.8. The van der Waals surface area contributed by atoms with Crippen LogP contribution in [-0.4, -0.2) is 15.4 Å². The lowest BCUT2D eigenvalue weighted by atomic mass is 10.0. The van der Waals surface area contributed by atoms with Gasteiger partial charge in [0.2, 0.25) is 5.88 Å². The Bertz CT molecular complexity index is 1150. The Hall–Kier alpha value is -2.50. The maximum atomic E-state index is 10.8. The number of nitrogens with zero attached hydrogens (tertiary/aromatic N) is 2. The molecule has 1 aromatic heterocycles. The zero-order chi connectivity index (χ0) is 18.4. The van der Waals surface area contributed by atoms with Crippen LogP contribution in [0.5, 0.6) is 5.88 Å². The monoisotopic (exact) mass is 378 g/mol. The number of benzene rings is 2. The van der Waals surface area contributed by atoms with E-state index in [4.69, 9.17) is 12.2 Å². The van der Waals surface area contributed by atoms with Crippen LogP contribution in [-0.2, 0) is 0 Å². The molecule has 0 amide bonds. The highest BCUT2D eigenvalue weighted by atomic mass is 32.1. The zero-order valence-corrected chi connectivity index (χ0v) is 16.4. The van der Waals surface area contributed by atoms with Gasteiger partial charge in [0, 0.05) is 16.8 Å². The fourth-order valence-electron chi connectivity index (χ4n) is 3.12. The van der Waals surface area contributed by atoms with Gasteiger partial charge >= 0.3 is 0 Å². The molecule has 1 aliphatic heterocycles. The smallest absolute Gasteiger partial charge is 0.215 e. The minimum absolute atomic E-state index is 0.174. The second-order valence-electron chi connectivity index (χ2n) is 6.43. The number of hydrogen-bond donors (Lipinski definition) is 1. The molecule has 0 atom stereocenters. The maximum Gasteiger partial charge on any atom is 0.215 e. The van der Waals surface area contributed by atoms with Gasteiger partial charge in [-0.2, -0.15) is 0 Å². The summed E-state index contributed by atoms with van der Waals surface area (Å²) < 4.78 is 2.35. The first kappa shape index (κ1) is 16.9. The lowest BCUT2D eigenvalue weighted by molar-refractivity contribution is 0.441. The molecule has 1 N–H and O–H groups in total. The van der Waals surface area contributed by atoms with Crippen LogP contribution in [0.1, 0.15) is 28.5 Å². The number of rotatable bonds is 2. The molecule has 0 fully saturated rings. The van der Waals surface area contributed by atoms with E-state index in [0.29, 0.717) is 3.95 Å². The van der Waals surface area contributed by atoms with E-state index in [2.05, 4.69) is 24.9 Å². The second kappa shape index (κ2) is 6.34. The lowest BCUT2D eigenvalue weighted by Gasteiger charge is -2.08. The fraction of sp³-hybridized carbons (Fsp3) is 0.143. The van der Waals surface area contributed by atoms with Gasteiger partial charge in [0.1, 0.15) is 0 Å². The summed E-state index contributed by atoms with van der Waals surface area (Å²) >= 11 is 6.93. The summed E-state index contributed by atoms with van der Waals surface area (Å²) in [4.78, 5) is 5.35. The summed E-state index contributed by atoms with van der Waals surface area (Å²) in [5, 5.41) is 10.8. The highest BCUT2D eigenvalue weighted by molar-refractivity contribution is 7.73. The molecule has 2 aromatic carbocycles. The van der Waals surface area contributed by atoms with Crippen molar-refractivity contribution in [3.63, 3.8) is 0 Å². The number of aromatic hydroxyl groups is 1. The number of fused-ring (bicyclic) bond motifs is 1. The lowest BCUT2D eigenvalue weighted by Crippen LogP contribution is -1.95. The molecule has 1 aliphatic rings. The van der Waals surface area contributed by atoms with E-state index in [1.807, 2.05) is 49.4 Å². The van der Waals surface area contributed by atoms with E-state index in [-0.39, 0.29) is 5.88 Å². The fourth-order valence-corrected chi connectivity index (χ4v) is 4.41. The van der Waals surface area contributed by atoms with Crippen LogP contribution in [0, 0.1) is 17.8 Å². The third kappa shape index (κ3) is 2.73. The summed E-state index contributed by atoms with van der Waals surface area (Å²) in [6, 6.07) is 14.1. The van der Waals surface area contributed by atoms with Crippen molar-refractivity contribution in [3.05, 3.63) is 68.0 Å². The number of aryl methyl sites for hydroxylation is 2. The number of aromatic nitrogens is 1. The van der Waals surface area contributed by atoms with Crippen molar-refractivity contribution in [2.75, 3.05) is 0 Å². The average Bonchev–Trinajstić information content (AvgIpc) is 3.07. The molecule has 130 valence electrons. The van der Waals surface area contributed by atoms with Crippen molar-refractivity contribution in [3.8, 4) is 11.6 Å². The molecular weight excluding hydrogens is 360 g/mol. The van der Waals surface area contributed by atoms with E-state index in [1.165, 1.54) is 22.5 Å². The minimum Gasteiger partial charge on any atom is -0.493 e. The Morgan fingerprint density at radius 1 is 1.08 bits per heavy atom. The molecule has 3 aromatic rings. The van der Waals surface area contributed by atoms with E-state index >= 15 is 0 Å². The summed E-state index contributed by atoms with van der Waals surface area (Å²) in [5.74, 6) is 0.174. The third-order valence-electron chi connectivity index (χ3n) is 4.71. The van der Waals surface area contributed by atoms with Crippen LogP contribution in [0.4, 0.5) is 5.69 Å². The van der Waals surface area contributed by atoms with Crippen LogP contribution in [0.25, 0.3) is 17.3 Å². The predicted octanol–water partition coefficient (Wildman–Crippen LogP) is 6.24. The van der Waals surface area contributed by atoms with Crippen molar-refractivity contribution in [1.29, 1.82) is 0 Å². The topological polar surface area (TPSA) is 37.5 Å². The van der Waals surface area contributed by atoms with Crippen molar-refractivity contribution >= 4 is 46.6 Å². The number of para-hydroxylation sites is 1. The first-order valence-electron chi connectivity index (χ1n) is 8.35. The molecule has 5 heteroatoms. The second-order valence-corrected chi connectivity index (χ2v) is 8.11. The van der Waals surface area contributed by atoms with Gasteiger partial charge in [-0.3, -0.25) is 9.56 Å². The molecule has 4 rings (SSSR count). The van der Waals surface area contributed by atoms with E-state index in [9.17, 15) is 5.11 Å². The van der Waals surface area contributed by atoms with Gasteiger partial charge in [-0.15, -0.1) is 11.3 Å². The number of thiazole rings is 1.